The predicted octanol–water partition coefficient (Wildman–Crippen LogP) is 5.90. The molecule has 0 bridgehead atoms. The lowest BCUT2D eigenvalue weighted by Gasteiger charge is -2.13. The summed E-state index contributed by atoms with van der Waals surface area (Å²) in [5.41, 5.74) is 8.49. The number of carbonyl (C=O) groups excluding carboxylic acids is 1. The zero-order valence-corrected chi connectivity index (χ0v) is 18.5. The molecule has 3 aromatic carbocycles. The maximum absolute atomic E-state index is 11.6. The molecule has 0 radical (unpaired) electrons. The minimum Gasteiger partial charge on any atom is -0.492 e. The molecule has 0 saturated carbocycles. The van der Waals surface area contributed by atoms with Gasteiger partial charge in [-0.1, -0.05) is 42.0 Å². The molecule has 0 amide bonds. The second-order valence-corrected chi connectivity index (χ2v) is 8.25. The van der Waals surface area contributed by atoms with Crippen molar-refractivity contribution in [3.63, 3.8) is 0 Å². The Kier molecular flexibility index (Phi) is 5.99. The Morgan fingerprint density at radius 3 is 2.55 bits per heavy atom. The smallest absolute Gasteiger partial charge is 0.306 e. The van der Waals surface area contributed by atoms with Crippen LogP contribution >= 0.6 is 0 Å². The van der Waals surface area contributed by atoms with Gasteiger partial charge in [0.15, 0.2) is 0 Å². The van der Waals surface area contributed by atoms with Gasteiger partial charge in [-0.05, 0) is 60.7 Å². The van der Waals surface area contributed by atoms with Crippen LogP contribution in [0.2, 0.25) is 0 Å². The molecule has 0 fully saturated rings. The van der Waals surface area contributed by atoms with Gasteiger partial charge in [0.1, 0.15) is 18.1 Å². The molecule has 160 valence electrons. The normalized spacial score (nSPS) is 14.6. The number of carbonyl (C=O) groups is 1. The van der Waals surface area contributed by atoms with Crippen LogP contribution in [0.15, 0.2) is 54.6 Å². The number of hydrogen-bond acceptors (Lipinski definition) is 4. The number of aryl methyl sites for hydroxylation is 3. The van der Waals surface area contributed by atoms with Crippen molar-refractivity contribution in [2.45, 2.75) is 39.7 Å². The number of hydrogen-bond donors (Lipinski definition) is 0. The van der Waals surface area contributed by atoms with Crippen LogP contribution in [-0.4, -0.2) is 19.7 Å². The molecule has 4 heteroatoms. The van der Waals surface area contributed by atoms with Crippen molar-refractivity contribution in [1.29, 1.82) is 0 Å². The van der Waals surface area contributed by atoms with E-state index in [-0.39, 0.29) is 11.9 Å². The van der Waals surface area contributed by atoms with E-state index < -0.39 is 0 Å². The average Bonchev–Trinajstić information content (AvgIpc) is 3.13. The van der Waals surface area contributed by atoms with Crippen LogP contribution in [0.3, 0.4) is 0 Å². The number of fused-ring (bicyclic) bond motifs is 1. The van der Waals surface area contributed by atoms with Crippen molar-refractivity contribution < 1.29 is 19.0 Å². The first kappa shape index (κ1) is 21.0. The Hall–Kier alpha value is -3.27. The molecule has 1 aliphatic rings. The number of benzene rings is 3. The summed E-state index contributed by atoms with van der Waals surface area (Å²) in [6.45, 7) is 7.42. The molecule has 1 unspecified atom stereocenters. The Bertz CT molecular complexity index is 1090. The van der Waals surface area contributed by atoms with Gasteiger partial charge in [0, 0.05) is 17.5 Å². The van der Waals surface area contributed by atoms with E-state index in [4.69, 9.17) is 14.2 Å². The van der Waals surface area contributed by atoms with Crippen LogP contribution in [-0.2, 0) is 16.1 Å². The number of rotatable bonds is 6. The molecule has 4 rings (SSSR count). The Morgan fingerprint density at radius 1 is 1.03 bits per heavy atom. The minimum absolute atomic E-state index is 0.0363. The quantitative estimate of drug-likeness (QED) is 0.470. The zero-order valence-electron chi connectivity index (χ0n) is 18.5. The molecule has 1 heterocycles. The van der Waals surface area contributed by atoms with Crippen LogP contribution in [0.1, 0.15) is 40.2 Å². The van der Waals surface area contributed by atoms with Crippen molar-refractivity contribution in [3.05, 3.63) is 82.4 Å². The summed E-state index contributed by atoms with van der Waals surface area (Å²) < 4.78 is 16.6. The molecule has 0 aromatic heterocycles. The predicted molar refractivity (Wildman–Crippen MR) is 122 cm³/mol. The maximum atomic E-state index is 11.6. The first-order valence-electron chi connectivity index (χ1n) is 10.6. The van der Waals surface area contributed by atoms with E-state index >= 15 is 0 Å². The van der Waals surface area contributed by atoms with E-state index in [1.807, 2.05) is 18.2 Å². The van der Waals surface area contributed by atoms with Gasteiger partial charge in [0.2, 0.25) is 0 Å². The summed E-state index contributed by atoms with van der Waals surface area (Å²) in [4.78, 5) is 11.6. The van der Waals surface area contributed by atoms with Crippen molar-refractivity contribution in [2.75, 3.05) is 13.7 Å². The van der Waals surface area contributed by atoms with E-state index in [2.05, 4.69) is 57.2 Å². The van der Waals surface area contributed by atoms with Crippen LogP contribution in [0, 0.1) is 20.8 Å². The van der Waals surface area contributed by atoms with Gasteiger partial charge >= 0.3 is 5.97 Å². The highest BCUT2D eigenvalue weighted by atomic mass is 16.5. The highest BCUT2D eigenvalue weighted by Crippen LogP contribution is 2.38. The first-order chi connectivity index (χ1) is 14.9. The molecule has 0 saturated heterocycles. The van der Waals surface area contributed by atoms with Gasteiger partial charge in [-0.2, -0.15) is 0 Å². The summed E-state index contributed by atoms with van der Waals surface area (Å²) >= 11 is 0. The van der Waals surface area contributed by atoms with Crippen LogP contribution in [0.4, 0.5) is 0 Å². The van der Waals surface area contributed by atoms with Gasteiger partial charge < -0.3 is 14.2 Å². The van der Waals surface area contributed by atoms with E-state index in [1.165, 1.54) is 34.9 Å². The Balaban J connectivity index is 1.47. The summed E-state index contributed by atoms with van der Waals surface area (Å²) in [5.74, 6) is 1.35. The van der Waals surface area contributed by atoms with Crippen molar-refractivity contribution in [3.8, 4) is 22.6 Å². The van der Waals surface area contributed by atoms with E-state index in [1.54, 1.807) is 0 Å². The topological polar surface area (TPSA) is 44.8 Å². The van der Waals surface area contributed by atoms with Crippen molar-refractivity contribution >= 4 is 5.97 Å². The summed E-state index contributed by atoms with van der Waals surface area (Å²) in [6.07, 6.45) is 0.328. The molecule has 1 atom stereocenters. The van der Waals surface area contributed by atoms with Crippen LogP contribution in [0.5, 0.6) is 11.5 Å². The number of methoxy groups -OCH3 is 1. The lowest BCUT2D eigenvalue weighted by atomic mass is 9.93. The fourth-order valence-electron chi connectivity index (χ4n) is 4.42. The fourth-order valence-corrected chi connectivity index (χ4v) is 4.42. The molecular weight excluding hydrogens is 388 g/mol. The fraction of sp³-hybridized carbons (Fsp3) is 0.296. The minimum atomic E-state index is -0.222. The lowest BCUT2D eigenvalue weighted by Crippen LogP contribution is -2.09. The highest BCUT2D eigenvalue weighted by molar-refractivity contribution is 5.72. The van der Waals surface area contributed by atoms with Crippen molar-refractivity contribution in [1.82, 2.24) is 0 Å². The summed E-state index contributed by atoms with van der Waals surface area (Å²) in [5, 5.41) is 0. The van der Waals surface area contributed by atoms with Gasteiger partial charge in [-0.3, -0.25) is 4.79 Å². The standard InChI is InChI=1S/C27H28O4/c1-17-10-18(2)27(19(3)11-17)21-7-5-6-20(12-21)15-30-23-8-9-24-22(13-26(28)29-4)16-31-25(24)14-23/h5-12,14,22H,13,15-16H2,1-4H3. The summed E-state index contributed by atoms with van der Waals surface area (Å²) in [6, 6.07) is 18.8. The highest BCUT2D eigenvalue weighted by Gasteiger charge is 2.27. The third-order valence-electron chi connectivity index (χ3n) is 5.80. The van der Waals surface area contributed by atoms with Gasteiger partial charge in [0.05, 0.1) is 20.1 Å². The molecule has 0 N–H and O–H groups in total. The Morgan fingerprint density at radius 2 is 1.81 bits per heavy atom. The first-order valence-corrected chi connectivity index (χ1v) is 10.6. The molecular formula is C27H28O4. The largest absolute Gasteiger partial charge is 0.492 e. The maximum Gasteiger partial charge on any atom is 0.306 e. The molecule has 3 aromatic rings. The third kappa shape index (κ3) is 4.58. The number of esters is 1. The average molecular weight is 417 g/mol. The Labute approximate surface area is 183 Å². The van der Waals surface area contributed by atoms with E-state index in [9.17, 15) is 4.79 Å². The van der Waals surface area contributed by atoms with Crippen LogP contribution < -0.4 is 9.47 Å². The van der Waals surface area contributed by atoms with Gasteiger partial charge in [-0.25, -0.2) is 0 Å². The van der Waals surface area contributed by atoms with E-state index in [0.717, 1.165) is 22.6 Å². The summed E-state index contributed by atoms with van der Waals surface area (Å²) in [7, 11) is 1.41. The molecule has 4 nitrogen and oxygen atoms in total. The SMILES string of the molecule is COC(=O)CC1COc2cc(OCc3cccc(-c4c(C)cc(C)cc4C)c3)ccc21. The second-order valence-electron chi connectivity index (χ2n) is 8.25. The molecule has 0 aliphatic carbocycles. The molecule has 0 spiro atoms. The van der Waals surface area contributed by atoms with Gasteiger partial charge in [-0.15, -0.1) is 0 Å². The van der Waals surface area contributed by atoms with Crippen LogP contribution in [0.25, 0.3) is 11.1 Å². The second kappa shape index (κ2) is 8.84. The third-order valence-corrected chi connectivity index (χ3v) is 5.80. The molecule has 1 aliphatic heterocycles. The monoisotopic (exact) mass is 416 g/mol. The lowest BCUT2D eigenvalue weighted by molar-refractivity contribution is -0.141. The van der Waals surface area contributed by atoms with Gasteiger partial charge in [0.25, 0.3) is 0 Å². The number of ether oxygens (including phenoxy) is 3. The van der Waals surface area contributed by atoms with E-state index in [0.29, 0.717) is 19.6 Å². The zero-order chi connectivity index (χ0) is 22.0. The molecule has 31 heavy (non-hydrogen) atoms. The van der Waals surface area contributed by atoms with Crippen molar-refractivity contribution in [2.24, 2.45) is 0 Å².